The van der Waals surface area contributed by atoms with E-state index in [1.807, 2.05) is 60.7 Å². The molecule has 0 aromatic heterocycles. The molecule has 0 fully saturated rings. The number of benzene rings is 4. The molecule has 0 radical (unpaired) electrons. The van der Waals surface area contributed by atoms with Crippen molar-refractivity contribution in [2.75, 3.05) is 14.2 Å². The summed E-state index contributed by atoms with van der Waals surface area (Å²) in [4.78, 5) is 17.0. The Morgan fingerprint density at radius 3 is 1.48 bits per heavy atom. The van der Waals surface area contributed by atoms with Crippen LogP contribution in [0.15, 0.2) is 105 Å². The first-order valence-electron chi connectivity index (χ1n) is 12.0. The van der Waals surface area contributed by atoms with E-state index >= 15 is 0 Å². The molecular formula is C30H22NaO6PS2. The van der Waals surface area contributed by atoms with Gasteiger partial charge in [-0.1, -0.05) is 72.1 Å². The molecule has 0 aliphatic carbocycles. The zero-order valence-electron chi connectivity index (χ0n) is 22.0. The largest absolute Gasteiger partial charge is 1.00 e. The minimum Gasteiger partial charge on any atom is -0.736 e. The van der Waals surface area contributed by atoms with Crippen LogP contribution in [0.4, 0.5) is 0 Å². The number of hydrogen-bond acceptors (Lipinski definition) is 8. The normalized spacial score (nSPS) is 13.4. The quantitative estimate of drug-likeness (QED) is 0.231. The first kappa shape index (κ1) is 29.0. The number of ether oxygens (including phenoxy) is 2. The van der Waals surface area contributed by atoms with Crippen LogP contribution in [-0.4, -0.2) is 14.2 Å². The van der Waals surface area contributed by atoms with Gasteiger partial charge in [0.15, 0.2) is 0 Å². The van der Waals surface area contributed by atoms with Gasteiger partial charge >= 0.3 is 37.4 Å². The minimum atomic E-state index is -4.94. The number of phosphoric acid groups is 1. The zero-order valence-corrected chi connectivity index (χ0v) is 26.5. The molecule has 2 aliphatic rings. The average Bonchev–Trinajstić information content (AvgIpc) is 3.19. The van der Waals surface area contributed by atoms with Crippen molar-refractivity contribution in [2.24, 2.45) is 0 Å². The van der Waals surface area contributed by atoms with E-state index in [0.717, 1.165) is 30.7 Å². The van der Waals surface area contributed by atoms with E-state index in [4.69, 9.17) is 18.5 Å². The molecule has 0 saturated heterocycles. The fourth-order valence-electron chi connectivity index (χ4n) is 4.41. The van der Waals surface area contributed by atoms with Crippen LogP contribution in [0, 0.1) is 0 Å². The fourth-order valence-corrected chi connectivity index (χ4v) is 7.51. The smallest absolute Gasteiger partial charge is 0.736 e. The van der Waals surface area contributed by atoms with Crippen LogP contribution in [0.3, 0.4) is 0 Å². The maximum Gasteiger partial charge on any atom is 1.00 e. The molecule has 4 aromatic carbocycles. The molecule has 196 valence electrons. The van der Waals surface area contributed by atoms with Crippen molar-refractivity contribution in [3.8, 4) is 11.5 Å². The van der Waals surface area contributed by atoms with E-state index < -0.39 is 7.82 Å². The molecule has 4 aromatic rings. The minimum absolute atomic E-state index is 0. The average molecular weight is 597 g/mol. The van der Waals surface area contributed by atoms with E-state index in [1.165, 1.54) is 23.5 Å². The monoisotopic (exact) mass is 596 g/mol. The van der Waals surface area contributed by atoms with Gasteiger partial charge in [0.2, 0.25) is 0 Å². The Labute approximate surface area is 263 Å². The van der Waals surface area contributed by atoms with Gasteiger partial charge in [0.1, 0.15) is 23.0 Å². The molecule has 0 atom stereocenters. The Bertz CT molecular complexity index is 1580. The summed E-state index contributed by atoms with van der Waals surface area (Å²) in [5.74, 6) is 1.53. The summed E-state index contributed by atoms with van der Waals surface area (Å²) in [6, 6.07) is 26.3. The third kappa shape index (κ3) is 5.76. The zero-order chi connectivity index (χ0) is 27.0. The molecule has 0 N–H and O–H groups in total. The summed E-state index contributed by atoms with van der Waals surface area (Å²) < 4.78 is 36.2. The second kappa shape index (κ2) is 12.1. The van der Waals surface area contributed by atoms with E-state index in [9.17, 15) is 9.46 Å². The van der Waals surface area contributed by atoms with Crippen molar-refractivity contribution in [3.63, 3.8) is 0 Å². The first-order chi connectivity index (χ1) is 19.0. The molecular weight excluding hydrogens is 574 g/mol. The van der Waals surface area contributed by atoms with Gasteiger partial charge in [-0.15, -0.1) is 0 Å². The van der Waals surface area contributed by atoms with Gasteiger partial charge in [-0.2, -0.15) is 0 Å². The van der Waals surface area contributed by atoms with Crippen LogP contribution in [0.25, 0.3) is 23.7 Å². The predicted molar refractivity (Wildman–Crippen MR) is 153 cm³/mol. The van der Waals surface area contributed by atoms with Crippen LogP contribution in [0.5, 0.6) is 11.5 Å². The summed E-state index contributed by atoms with van der Waals surface area (Å²) >= 11 is 2.98. The van der Waals surface area contributed by atoms with Crippen LogP contribution < -0.4 is 43.9 Å². The Kier molecular flexibility index (Phi) is 8.78. The maximum absolute atomic E-state index is 13.6. The molecule has 2 heterocycles. The van der Waals surface area contributed by atoms with Crippen molar-refractivity contribution in [2.45, 2.75) is 19.6 Å². The maximum atomic E-state index is 13.6. The van der Waals surface area contributed by atoms with Crippen molar-refractivity contribution >= 4 is 55.0 Å². The molecule has 6 nitrogen and oxygen atoms in total. The van der Waals surface area contributed by atoms with Gasteiger partial charge in [0, 0.05) is 20.9 Å². The number of fused-ring (bicyclic) bond motifs is 4. The van der Waals surface area contributed by atoms with Crippen LogP contribution >= 0.6 is 31.3 Å². The predicted octanol–water partition coefficient (Wildman–Crippen LogP) is 4.84. The third-order valence-corrected chi connectivity index (χ3v) is 9.46. The van der Waals surface area contributed by atoms with E-state index in [1.54, 1.807) is 50.6 Å². The van der Waals surface area contributed by atoms with Crippen LogP contribution in [-0.2, 0) is 13.6 Å². The molecule has 6 rings (SSSR count). The van der Waals surface area contributed by atoms with Crippen molar-refractivity contribution in [1.82, 2.24) is 0 Å². The fraction of sp³-hybridized carbons (Fsp3) is 0.0667. The van der Waals surface area contributed by atoms with Gasteiger partial charge in [-0.05, 0) is 59.7 Å². The molecule has 0 amide bonds. The molecule has 0 unspecified atom stereocenters. The second-order valence-electron chi connectivity index (χ2n) is 8.60. The number of rotatable bonds is 6. The van der Waals surface area contributed by atoms with E-state index in [0.29, 0.717) is 22.6 Å². The molecule has 0 saturated carbocycles. The van der Waals surface area contributed by atoms with Gasteiger partial charge in [0.25, 0.3) is 0 Å². The van der Waals surface area contributed by atoms with E-state index in [-0.39, 0.29) is 41.1 Å². The van der Waals surface area contributed by atoms with Gasteiger partial charge in [-0.25, -0.2) is 4.57 Å². The van der Waals surface area contributed by atoms with E-state index in [2.05, 4.69) is 0 Å². The Morgan fingerprint density at radius 2 is 1.05 bits per heavy atom. The Balaban J connectivity index is 0.00000323. The Hall–Kier alpha value is -2.55. The summed E-state index contributed by atoms with van der Waals surface area (Å²) in [5.41, 5.74) is 2.83. The third-order valence-electron chi connectivity index (χ3n) is 6.18. The van der Waals surface area contributed by atoms with Crippen LogP contribution in [0.2, 0.25) is 0 Å². The van der Waals surface area contributed by atoms with Crippen LogP contribution in [0.1, 0.15) is 22.3 Å². The standard InChI is InChI=1S/C30H23O6PS2.Na/c1-33-23-13-7-11-21-25(17-19-9-3-5-15-27(19)38-29(21)23)35-37(31,32)36-26-18-20-10-4-6-16-28(20)39-30-22(26)12-8-14-24(30)34-2;/h3-18H,1-2H3,(H,31,32);/q;+1/p-1. The molecule has 40 heavy (non-hydrogen) atoms. The summed E-state index contributed by atoms with van der Waals surface area (Å²) in [6.45, 7) is 0. The van der Waals surface area contributed by atoms with Gasteiger partial charge in [-0.3, -0.25) is 0 Å². The van der Waals surface area contributed by atoms with Gasteiger partial charge in [0.05, 0.1) is 24.0 Å². The number of phosphoric ester groups is 1. The Morgan fingerprint density at radius 1 is 0.625 bits per heavy atom. The molecule has 0 bridgehead atoms. The van der Waals surface area contributed by atoms with Crippen molar-refractivity contribution in [3.05, 3.63) is 107 Å². The van der Waals surface area contributed by atoms with Crippen molar-refractivity contribution < 1.29 is 57.5 Å². The second-order valence-corrected chi connectivity index (χ2v) is 12.0. The molecule has 0 spiro atoms. The summed E-state index contributed by atoms with van der Waals surface area (Å²) in [5, 5.41) is 0. The molecule has 10 heteroatoms. The van der Waals surface area contributed by atoms with Crippen molar-refractivity contribution in [1.29, 1.82) is 0 Å². The topological polar surface area (TPSA) is 77.1 Å². The number of hydrogen-bond donors (Lipinski definition) is 0. The SMILES string of the molecule is COc1cccc2c1Sc1ccccc1C=C2OP(=O)([O-])OC1=Cc2ccccc2Sc2c(OC)cccc21.[Na+]. The number of methoxy groups -OCH3 is 2. The van der Waals surface area contributed by atoms with Gasteiger partial charge < -0.3 is 23.4 Å². The molecule has 2 aliphatic heterocycles. The first-order valence-corrected chi connectivity index (χ1v) is 15.1. The summed E-state index contributed by atoms with van der Waals surface area (Å²) in [6.07, 6.45) is 3.43. The summed E-state index contributed by atoms with van der Waals surface area (Å²) in [7, 11) is -1.77.